The van der Waals surface area contributed by atoms with Gasteiger partial charge in [-0.2, -0.15) is 17.2 Å². The number of hydrogen-bond donors (Lipinski definition) is 0. The molecule has 3 heterocycles. The van der Waals surface area contributed by atoms with Gasteiger partial charge in [-0.05, 0) is 64.6 Å². The molecule has 7 rings (SSSR count). The van der Waals surface area contributed by atoms with E-state index in [1.54, 1.807) is 0 Å². The second-order valence-corrected chi connectivity index (χ2v) is 12.8. The molecule has 0 N–H and O–H groups in total. The number of ether oxygens (including phenoxy) is 1. The Bertz CT molecular complexity index is 2190. The van der Waals surface area contributed by atoms with Crippen LogP contribution in [0.5, 0.6) is 11.5 Å². The van der Waals surface area contributed by atoms with E-state index in [1.165, 1.54) is 35.0 Å². The van der Waals surface area contributed by atoms with Crippen LogP contribution in [0.4, 0.5) is 4.39 Å². The summed E-state index contributed by atoms with van der Waals surface area (Å²) < 4.78 is 24.4. The Morgan fingerprint density at radius 3 is 2.24 bits per heavy atom. The molecule has 2 atom stereocenters. The molecule has 49 heavy (non-hydrogen) atoms. The minimum atomic E-state index is -0.350. The van der Waals surface area contributed by atoms with E-state index in [4.69, 9.17) is 9.84 Å². The van der Waals surface area contributed by atoms with Crippen molar-refractivity contribution in [2.75, 3.05) is 0 Å². The van der Waals surface area contributed by atoms with Crippen molar-refractivity contribution < 1.29 is 30.2 Å². The van der Waals surface area contributed by atoms with Crippen LogP contribution in [-0.4, -0.2) is 19.3 Å². The maximum Gasteiger partial charge on any atom is 2.00 e. The van der Waals surface area contributed by atoms with Gasteiger partial charge in [0, 0.05) is 41.0 Å². The van der Waals surface area contributed by atoms with E-state index < -0.39 is 0 Å². The van der Waals surface area contributed by atoms with Crippen LogP contribution in [0.1, 0.15) is 51.7 Å². The molecule has 0 bridgehead atoms. The fourth-order valence-electron chi connectivity index (χ4n) is 6.42. The van der Waals surface area contributed by atoms with Crippen LogP contribution >= 0.6 is 0 Å². The Kier molecular flexibility index (Phi) is 10.5. The maximum absolute atomic E-state index is 14.3. The SMILES string of the molecule is CCC(C)Cc1cccc(CC(C)CC)c1-c1cnn(-c2[c-]c(Oc3[c-]c4c(cc3)c3ccccc3n4-c3cc(F)ccn3)ccc2)c1.[Pt+2]. The summed E-state index contributed by atoms with van der Waals surface area (Å²) in [7, 11) is 0. The van der Waals surface area contributed by atoms with E-state index in [2.05, 4.69) is 69.2 Å². The average molecular weight is 830 g/mol. The summed E-state index contributed by atoms with van der Waals surface area (Å²) in [5.74, 6) is 2.39. The number of nitrogens with zero attached hydrogens (tertiary/aromatic N) is 4. The normalized spacial score (nSPS) is 12.6. The first-order chi connectivity index (χ1) is 23.4. The number of fused-ring (bicyclic) bond motifs is 3. The molecule has 0 amide bonds. The van der Waals surface area contributed by atoms with E-state index in [0.717, 1.165) is 58.7 Å². The van der Waals surface area contributed by atoms with Crippen molar-refractivity contribution in [2.24, 2.45) is 11.8 Å². The molecule has 0 radical (unpaired) electrons. The maximum atomic E-state index is 14.3. The molecule has 7 aromatic rings. The number of halogens is 1. The van der Waals surface area contributed by atoms with E-state index in [9.17, 15) is 4.39 Å². The predicted molar refractivity (Wildman–Crippen MR) is 192 cm³/mol. The largest absolute Gasteiger partial charge is 2.00 e. The third-order valence-corrected chi connectivity index (χ3v) is 9.35. The molecule has 4 aromatic carbocycles. The molecule has 0 aliphatic rings. The molecule has 0 aliphatic carbocycles. The molecule has 0 saturated heterocycles. The van der Waals surface area contributed by atoms with Crippen molar-refractivity contribution in [3.63, 3.8) is 0 Å². The molecule has 0 aliphatic heterocycles. The van der Waals surface area contributed by atoms with Crippen LogP contribution in [0, 0.1) is 29.8 Å². The van der Waals surface area contributed by atoms with Crippen LogP contribution in [0.15, 0.2) is 104 Å². The van der Waals surface area contributed by atoms with Crippen molar-refractivity contribution in [1.29, 1.82) is 0 Å². The first-order valence-electron chi connectivity index (χ1n) is 16.9. The molecule has 0 spiro atoms. The number of hydrogen-bond acceptors (Lipinski definition) is 3. The third-order valence-electron chi connectivity index (χ3n) is 9.35. The molecule has 2 unspecified atom stereocenters. The van der Waals surface area contributed by atoms with Crippen LogP contribution in [-0.2, 0) is 33.9 Å². The number of aromatic nitrogens is 4. The van der Waals surface area contributed by atoms with Gasteiger partial charge in [0.15, 0.2) is 0 Å². The van der Waals surface area contributed by atoms with Gasteiger partial charge in [0.1, 0.15) is 11.6 Å². The van der Waals surface area contributed by atoms with E-state index in [0.29, 0.717) is 29.2 Å². The van der Waals surface area contributed by atoms with Gasteiger partial charge in [-0.15, -0.1) is 35.7 Å². The Labute approximate surface area is 302 Å². The minimum absolute atomic E-state index is 0. The first-order valence-corrected chi connectivity index (χ1v) is 16.9. The summed E-state index contributed by atoms with van der Waals surface area (Å²) in [6.07, 6.45) is 9.91. The van der Waals surface area contributed by atoms with E-state index in [1.807, 2.05) is 70.0 Å². The third kappa shape index (κ3) is 7.12. The topological polar surface area (TPSA) is 44.9 Å². The zero-order chi connectivity index (χ0) is 33.2. The molecule has 7 heteroatoms. The summed E-state index contributed by atoms with van der Waals surface area (Å²) in [5.41, 5.74) is 7.63. The monoisotopic (exact) mass is 829 g/mol. The fraction of sp³-hybridized carbons (Fsp3) is 0.238. The first kappa shape index (κ1) is 34.3. The Hall–Kier alpha value is -4.54. The molecule has 0 saturated carbocycles. The zero-order valence-electron chi connectivity index (χ0n) is 28.2. The second-order valence-electron chi connectivity index (χ2n) is 12.8. The smallest absolute Gasteiger partial charge is 0.509 e. The number of para-hydroxylation sites is 1. The molecule has 0 fully saturated rings. The van der Waals surface area contributed by atoms with Gasteiger partial charge in [0.05, 0.1) is 6.20 Å². The van der Waals surface area contributed by atoms with Crippen molar-refractivity contribution in [2.45, 2.75) is 53.4 Å². The number of pyridine rings is 1. The van der Waals surface area contributed by atoms with Crippen molar-refractivity contribution in [3.05, 3.63) is 133 Å². The van der Waals surface area contributed by atoms with Gasteiger partial charge in [0.2, 0.25) is 0 Å². The van der Waals surface area contributed by atoms with Gasteiger partial charge < -0.3 is 9.30 Å². The van der Waals surface area contributed by atoms with Crippen LogP contribution in [0.2, 0.25) is 0 Å². The van der Waals surface area contributed by atoms with Gasteiger partial charge >= 0.3 is 21.1 Å². The van der Waals surface area contributed by atoms with Gasteiger partial charge in [-0.1, -0.05) is 82.5 Å². The quantitative estimate of drug-likeness (QED) is 0.122. The summed E-state index contributed by atoms with van der Waals surface area (Å²) in [4.78, 5) is 4.46. The van der Waals surface area contributed by atoms with Crippen LogP contribution in [0.3, 0.4) is 0 Å². The number of benzene rings is 4. The number of rotatable bonds is 11. The van der Waals surface area contributed by atoms with E-state index in [-0.39, 0.29) is 26.9 Å². The Balaban J connectivity index is 0.00000417. The van der Waals surface area contributed by atoms with Gasteiger partial charge in [0.25, 0.3) is 0 Å². The molecule has 3 aromatic heterocycles. The molecular weight excluding hydrogens is 791 g/mol. The Morgan fingerprint density at radius 1 is 0.796 bits per heavy atom. The predicted octanol–water partition coefficient (Wildman–Crippen LogP) is 10.7. The average Bonchev–Trinajstić information content (AvgIpc) is 3.71. The summed E-state index contributed by atoms with van der Waals surface area (Å²) in [6.45, 7) is 9.16. The fourth-order valence-corrected chi connectivity index (χ4v) is 6.42. The van der Waals surface area contributed by atoms with Crippen molar-refractivity contribution in [1.82, 2.24) is 19.3 Å². The van der Waals surface area contributed by atoms with Gasteiger partial charge in [-0.25, -0.2) is 9.37 Å². The van der Waals surface area contributed by atoms with Crippen molar-refractivity contribution >= 4 is 21.8 Å². The summed E-state index contributed by atoms with van der Waals surface area (Å²) >= 11 is 0. The summed E-state index contributed by atoms with van der Waals surface area (Å²) in [5, 5.41) is 6.80. The second kappa shape index (κ2) is 14.9. The van der Waals surface area contributed by atoms with Gasteiger partial charge in [-0.3, -0.25) is 4.68 Å². The standard InChI is InChI=1S/C42H39FN4O.Pt/c1-5-28(3)21-30-11-9-12-31(22-29(4)6-2)42(30)32-26-45-46(27-32)34-13-10-14-35(24-34)48-36-17-18-38-37-15-7-8-16-39(37)47(40(38)25-36)41-23-33(43)19-20-44-41;/h7-20,23,26-29H,5-6,21-22H2,1-4H3;/q-2;+2. The van der Waals surface area contributed by atoms with Crippen LogP contribution < -0.4 is 4.74 Å². The summed E-state index contributed by atoms with van der Waals surface area (Å²) in [6, 6.07) is 34.1. The Morgan fingerprint density at radius 2 is 1.51 bits per heavy atom. The zero-order valence-corrected chi connectivity index (χ0v) is 30.5. The minimum Gasteiger partial charge on any atom is -0.509 e. The van der Waals surface area contributed by atoms with Crippen molar-refractivity contribution in [3.8, 4) is 34.1 Å². The van der Waals surface area contributed by atoms with Crippen LogP contribution in [0.25, 0.3) is 44.4 Å². The molecule has 5 nitrogen and oxygen atoms in total. The molecule has 250 valence electrons. The van der Waals surface area contributed by atoms with E-state index >= 15 is 0 Å². The molecular formula is C42H39FN4OPt.